The van der Waals surface area contributed by atoms with Gasteiger partial charge in [-0.05, 0) is 31.2 Å². The van der Waals surface area contributed by atoms with Crippen LogP contribution in [0.5, 0.6) is 0 Å². The quantitative estimate of drug-likeness (QED) is 0.870. The van der Waals surface area contributed by atoms with Crippen molar-refractivity contribution in [1.82, 2.24) is 10.2 Å². The van der Waals surface area contributed by atoms with Crippen molar-refractivity contribution >= 4 is 35.2 Å². The van der Waals surface area contributed by atoms with E-state index < -0.39 is 0 Å². The van der Waals surface area contributed by atoms with Crippen LogP contribution in [0.1, 0.15) is 13.3 Å². The normalized spacial score (nSPS) is 17.3. The Kier molecular flexibility index (Phi) is 5.31. The summed E-state index contributed by atoms with van der Waals surface area (Å²) < 4.78 is 0. The third-order valence-corrected chi connectivity index (χ3v) is 4.45. The van der Waals surface area contributed by atoms with E-state index >= 15 is 0 Å². The number of thioether (sulfide) groups is 1. The molecule has 1 saturated heterocycles. The van der Waals surface area contributed by atoms with Crippen molar-refractivity contribution in [3.8, 4) is 0 Å². The first-order chi connectivity index (χ1) is 9.56. The van der Waals surface area contributed by atoms with Gasteiger partial charge in [0.2, 0.25) is 11.8 Å². The summed E-state index contributed by atoms with van der Waals surface area (Å²) in [5.41, 5.74) is 0. The fourth-order valence-electron chi connectivity index (χ4n) is 2.01. The number of nitrogens with one attached hydrogen (secondary N) is 1. The number of carbonyl (C=O) groups is 2. The van der Waals surface area contributed by atoms with Crippen LogP contribution in [0.25, 0.3) is 0 Å². The number of halogens is 1. The van der Waals surface area contributed by atoms with Crippen LogP contribution < -0.4 is 5.32 Å². The lowest BCUT2D eigenvalue weighted by Gasteiger charge is -2.23. The van der Waals surface area contributed by atoms with Gasteiger partial charge in [-0.3, -0.25) is 9.59 Å². The third-order valence-electron chi connectivity index (χ3n) is 3.10. The zero-order chi connectivity index (χ0) is 14.5. The van der Waals surface area contributed by atoms with Crippen molar-refractivity contribution in [2.75, 3.05) is 19.6 Å². The fourth-order valence-corrected chi connectivity index (χ4v) is 3.09. The van der Waals surface area contributed by atoms with E-state index in [1.54, 1.807) is 4.90 Å². The van der Waals surface area contributed by atoms with Crippen molar-refractivity contribution in [1.29, 1.82) is 0 Å². The van der Waals surface area contributed by atoms with E-state index in [-0.39, 0.29) is 17.1 Å². The zero-order valence-corrected chi connectivity index (χ0v) is 12.8. The van der Waals surface area contributed by atoms with E-state index in [4.69, 9.17) is 11.6 Å². The molecule has 1 aliphatic rings. The SMILES string of the molecule is CC(Sc1ccc(Cl)cc1)C(=O)N1CCNC(=O)CC1. The van der Waals surface area contributed by atoms with Crippen LogP contribution in [0.4, 0.5) is 0 Å². The topological polar surface area (TPSA) is 49.4 Å². The predicted molar refractivity (Wildman–Crippen MR) is 81.0 cm³/mol. The molecule has 0 bridgehead atoms. The van der Waals surface area contributed by atoms with Gasteiger partial charge in [-0.25, -0.2) is 0 Å². The van der Waals surface area contributed by atoms with Crippen LogP contribution in [-0.2, 0) is 9.59 Å². The third kappa shape index (κ3) is 4.15. The molecule has 0 radical (unpaired) electrons. The Morgan fingerprint density at radius 2 is 2.05 bits per heavy atom. The highest BCUT2D eigenvalue weighted by atomic mass is 35.5. The minimum absolute atomic E-state index is 0.0123. The molecular weight excluding hydrogens is 296 g/mol. The summed E-state index contributed by atoms with van der Waals surface area (Å²) in [5.74, 6) is 0.0831. The molecule has 2 rings (SSSR count). The Morgan fingerprint density at radius 1 is 1.35 bits per heavy atom. The van der Waals surface area contributed by atoms with Gasteiger partial charge in [-0.2, -0.15) is 0 Å². The molecule has 108 valence electrons. The Labute approximate surface area is 127 Å². The highest BCUT2D eigenvalue weighted by Crippen LogP contribution is 2.25. The Bertz CT molecular complexity index is 492. The Hall–Kier alpha value is -1.20. The summed E-state index contributed by atoms with van der Waals surface area (Å²) in [6.45, 7) is 3.50. The molecule has 0 spiro atoms. The molecule has 6 heteroatoms. The summed E-state index contributed by atoms with van der Waals surface area (Å²) in [5, 5.41) is 3.28. The molecule has 1 aliphatic heterocycles. The molecule has 1 heterocycles. The second-order valence-corrected chi connectivity index (χ2v) is 6.49. The van der Waals surface area contributed by atoms with Gasteiger partial charge >= 0.3 is 0 Å². The fraction of sp³-hybridized carbons (Fsp3) is 0.429. The van der Waals surface area contributed by atoms with E-state index in [0.717, 1.165) is 4.90 Å². The lowest BCUT2D eigenvalue weighted by molar-refractivity contribution is -0.130. The molecule has 1 unspecified atom stereocenters. The summed E-state index contributed by atoms with van der Waals surface area (Å²) in [4.78, 5) is 26.4. The van der Waals surface area contributed by atoms with Gasteiger partial charge < -0.3 is 10.2 Å². The average Bonchev–Trinajstić information content (AvgIpc) is 2.65. The van der Waals surface area contributed by atoms with Gasteiger partial charge in [-0.1, -0.05) is 11.6 Å². The second kappa shape index (κ2) is 6.99. The molecule has 1 atom stereocenters. The molecule has 1 N–H and O–H groups in total. The van der Waals surface area contributed by atoms with Gasteiger partial charge in [0.15, 0.2) is 0 Å². The number of rotatable bonds is 3. The van der Waals surface area contributed by atoms with Gasteiger partial charge in [-0.15, -0.1) is 11.8 Å². The lowest BCUT2D eigenvalue weighted by atomic mass is 10.3. The first kappa shape index (κ1) is 15.2. The van der Waals surface area contributed by atoms with Crippen molar-refractivity contribution in [2.24, 2.45) is 0 Å². The molecular formula is C14H17ClN2O2S. The van der Waals surface area contributed by atoms with Gasteiger partial charge in [0.1, 0.15) is 0 Å². The number of hydrogen-bond acceptors (Lipinski definition) is 3. The van der Waals surface area contributed by atoms with Gasteiger partial charge in [0.25, 0.3) is 0 Å². The molecule has 0 aliphatic carbocycles. The first-order valence-electron chi connectivity index (χ1n) is 6.54. The second-order valence-electron chi connectivity index (χ2n) is 4.64. The minimum Gasteiger partial charge on any atom is -0.354 e. The highest BCUT2D eigenvalue weighted by Gasteiger charge is 2.23. The first-order valence-corrected chi connectivity index (χ1v) is 7.80. The van der Waals surface area contributed by atoms with Crippen LogP contribution >= 0.6 is 23.4 Å². The number of amides is 2. The summed E-state index contributed by atoms with van der Waals surface area (Å²) >= 11 is 7.35. The molecule has 4 nitrogen and oxygen atoms in total. The number of benzene rings is 1. The molecule has 20 heavy (non-hydrogen) atoms. The summed E-state index contributed by atoms with van der Waals surface area (Å²) in [6, 6.07) is 7.44. The highest BCUT2D eigenvalue weighted by molar-refractivity contribution is 8.00. The molecule has 1 aromatic rings. The minimum atomic E-state index is -0.177. The molecule has 0 aromatic heterocycles. The number of carbonyl (C=O) groups excluding carboxylic acids is 2. The number of nitrogens with zero attached hydrogens (tertiary/aromatic N) is 1. The lowest BCUT2D eigenvalue weighted by Crippen LogP contribution is -2.38. The largest absolute Gasteiger partial charge is 0.354 e. The van der Waals surface area contributed by atoms with E-state index in [9.17, 15) is 9.59 Å². The van der Waals surface area contributed by atoms with E-state index in [2.05, 4.69) is 5.32 Å². The van der Waals surface area contributed by atoms with Crippen molar-refractivity contribution in [2.45, 2.75) is 23.5 Å². The molecule has 0 saturated carbocycles. The average molecular weight is 313 g/mol. The van der Waals surface area contributed by atoms with Crippen LogP contribution in [-0.4, -0.2) is 41.6 Å². The molecule has 2 amide bonds. The van der Waals surface area contributed by atoms with Crippen LogP contribution in [0.2, 0.25) is 5.02 Å². The number of hydrogen-bond donors (Lipinski definition) is 1. The van der Waals surface area contributed by atoms with Gasteiger partial charge in [0.05, 0.1) is 5.25 Å². The van der Waals surface area contributed by atoms with E-state index in [0.29, 0.717) is 31.1 Å². The summed E-state index contributed by atoms with van der Waals surface area (Å²) in [6.07, 6.45) is 0.379. The van der Waals surface area contributed by atoms with Crippen molar-refractivity contribution in [3.05, 3.63) is 29.3 Å². The van der Waals surface area contributed by atoms with Crippen molar-refractivity contribution < 1.29 is 9.59 Å². The van der Waals surface area contributed by atoms with Crippen molar-refractivity contribution in [3.63, 3.8) is 0 Å². The zero-order valence-electron chi connectivity index (χ0n) is 11.3. The van der Waals surface area contributed by atoms with E-state index in [1.807, 2.05) is 31.2 Å². The Morgan fingerprint density at radius 3 is 2.75 bits per heavy atom. The Balaban J connectivity index is 1.94. The maximum Gasteiger partial charge on any atom is 0.235 e. The standard InChI is InChI=1S/C14H17ClN2O2S/c1-10(20-12-4-2-11(15)3-5-12)14(19)17-8-6-13(18)16-7-9-17/h2-5,10H,6-9H2,1H3,(H,16,18). The summed E-state index contributed by atoms with van der Waals surface area (Å²) in [7, 11) is 0. The van der Waals surface area contributed by atoms with Crippen LogP contribution in [0.15, 0.2) is 29.2 Å². The maximum atomic E-state index is 12.4. The van der Waals surface area contributed by atoms with Gasteiger partial charge in [0, 0.05) is 36.0 Å². The smallest absolute Gasteiger partial charge is 0.235 e. The predicted octanol–water partition coefficient (Wildman–Crippen LogP) is 2.17. The maximum absolute atomic E-state index is 12.4. The van der Waals surface area contributed by atoms with Crippen LogP contribution in [0.3, 0.4) is 0 Å². The van der Waals surface area contributed by atoms with Crippen LogP contribution in [0, 0.1) is 0 Å². The monoisotopic (exact) mass is 312 g/mol. The van der Waals surface area contributed by atoms with E-state index in [1.165, 1.54) is 11.8 Å². The molecule has 1 fully saturated rings. The molecule has 1 aromatic carbocycles.